The Balaban J connectivity index is 1.80. The second-order valence-electron chi connectivity index (χ2n) is 11.8. The molecular formula is C35H38ClN3O4S. The Morgan fingerprint density at radius 3 is 1.98 bits per heavy atom. The second-order valence-corrected chi connectivity index (χ2v) is 14.1. The van der Waals surface area contributed by atoms with E-state index in [2.05, 4.69) is 5.32 Å². The first-order valence-electron chi connectivity index (χ1n) is 14.4. The number of hydrogen-bond acceptors (Lipinski definition) is 4. The highest BCUT2D eigenvalue weighted by molar-refractivity contribution is 7.92. The van der Waals surface area contributed by atoms with Gasteiger partial charge in [0.2, 0.25) is 11.8 Å². The number of benzene rings is 4. The number of carbonyl (C=O) groups excluding carboxylic acids is 2. The molecule has 1 atom stereocenters. The number of carbonyl (C=O) groups is 2. The van der Waals surface area contributed by atoms with Gasteiger partial charge in [0.05, 0.1) is 10.6 Å². The minimum absolute atomic E-state index is 0.00266. The van der Waals surface area contributed by atoms with Gasteiger partial charge in [0.1, 0.15) is 12.6 Å². The van der Waals surface area contributed by atoms with Crippen LogP contribution in [0.4, 0.5) is 5.69 Å². The van der Waals surface area contributed by atoms with Gasteiger partial charge >= 0.3 is 0 Å². The van der Waals surface area contributed by atoms with E-state index in [1.807, 2.05) is 94.4 Å². The summed E-state index contributed by atoms with van der Waals surface area (Å²) < 4.78 is 29.3. The van der Waals surface area contributed by atoms with E-state index >= 15 is 0 Å². The molecule has 0 bridgehead atoms. The number of nitrogens with one attached hydrogen (secondary N) is 1. The molecule has 44 heavy (non-hydrogen) atoms. The monoisotopic (exact) mass is 631 g/mol. The van der Waals surface area contributed by atoms with Crippen LogP contribution >= 0.6 is 11.6 Å². The SMILES string of the molecule is Cc1cccc(N(CC(=O)N(Cc2ccccc2)C(Cc2ccccc2)C(=O)NC(C)(C)C)S(=O)(=O)c2ccc(Cl)cc2)c1. The molecule has 0 spiro atoms. The molecule has 4 aromatic carbocycles. The lowest BCUT2D eigenvalue weighted by atomic mass is 10.0. The lowest BCUT2D eigenvalue weighted by molar-refractivity contribution is -0.140. The topological polar surface area (TPSA) is 86.8 Å². The van der Waals surface area contributed by atoms with E-state index < -0.39 is 34.1 Å². The van der Waals surface area contributed by atoms with Gasteiger partial charge in [-0.25, -0.2) is 8.42 Å². The molecule has 4 aromatic rings. The van der Waals surface area contributed by atoms with Crippen molar-refractivity contribution in [2.24, 2.45) is 0 Å². The van der Waals surface area contributed by atoms with Gasteiger partial charge < -0.3 is 10.2 Å². The summed E-state index contributed by atoms with van der Waals surface area (Å²) in [5.41, 5.74) is 2.30. The van der Waals surface area contributed by atoms with Crippen LogP contribution in [0.3, 0.4) is 0 Å². The van der Waals surface area contributed by atoms with Crippen molar-refractivity contribution in [3.63, 3.8) is 0 Å². The Morgan fingerprint density at radius 2 is 1.41 bits per heavy atom. The van der Waals surface area contributed by atoms with Crippen LogP contribution < -0.4 is 9.62 Å². The van der Waals surface area contributed by atoms with Gasteiger partial charge in [-0.2, -0.15) is 0 Å². The Bertz CT molecular complexity index is 1670. The molecule has 2 amide bonds. The van der Waals surface area contributed by atoms with Crippen LogP contribution in [0.25, 0.3) is 0 Å². The molecule has 0 saturated carbocycles. The molecule has 1 unspecified atom stereocenters. The number of sulfonamides is 1. The normalized spacial score (nSPS) is 12.3. The Labute approximate surface area is 265 Å². The molecule has 0 radical (unpaired) electrons. The first-order chi connectivity index (χ1) is 20.8. The summed E-state index contributed by atoms with van der Waals surface area (Å²) in [5, 5.41) is 3.43. The van der Waals surface area contributed by atoms with Crippen molar-refractivity contribution in [1.82, 2.24) is 10.2 Å². The fourth-order valence-corrected chi connectivity index (χ4v) is 6.36. The molecule has 0 saturated heterocycles. The number of rotatable bonds is 11. The van der Waals surface area contributed by atoms with Gasteiger partial charge in [0.25, 0.3) is 10.0 Å². The van der Waals surface area contributed by atoms with Crippen molar-refractivity contribution in [2.45, 2.75) is 57.1 Å². The molecule has 0 aliphatic carbocycles. The fourth-order valence-electron chi connectivity index (χ4n) is 4.83. The quantitative estimate of drug-likeness (QED) is 0.208. The van der Waals surface area contributed by atoms with E-state index in [1.54, 1.807) is 18.2 Å². The van der Waals surface area contributed by atoms with E-state index in [9.17, 15) is 18.0 Å². The highest BCUT2D eigenvalue weighted by atomic mass is 35.5. The largest absolute Gasteiger partial charge is 0.350 e. The van der Waals surface area contributed by atoms with Gasteiger partial charge in [0, 0.05) is 23.5 Å². The van der Waals surface area contributed by atoms with Crippen molar-refractivity contribution in [1.29, 1.82) is 0 Å². The van der Waals surface area contributed by atoms with Crippen LogP contribution in [0, 0.1) is 6.92 Å². The molecule has 4 rings (SSSR count). The third-order valence-corrected chi connectivity index (χ3v) is 8.98. The Kier molecular flexibility index (Phi) is 10.5. The number of aryl methyl sites for hydroxylation is 1. The maximum Gasteiger partial charge on any atom is 0.264 e. The molecule has 0 fully saturated rings. The van der Waals surface area contributed by atoms with E-state index in [0.29, 0.717) is 10.7 Å². The summed E-state index contributed by atoms with van der Waals surface area (Å²) in [7, 11) is -4.20. The first-order valence-corrected chi connectivity index (χ1v) is 16.2. The summed E-state index contributed by atoms with van der Waals surface area (Å²) in [5.74, 6) is -0.841. The zero-order valence-electron chi connectivity index (χ0n) is 25.4. The van der Waals surface area contributed by atoms with E-state index in [4.69, 9.17) is 11.6 Å². The Hall–Kier alpha value is -4.14. The third kappa shape index (κ3) is 8.71. The van der Waals surface area contributed by atoms with E-state index in [1.165, 1.54) is 29.2 Å². The van der Waals surface area contributed by atoms with Gasteiger partial charge in [-0.15, -0.1) is 0 Å². The molecule has 0 aromatic heterocycles. The van der Waals surface area contributed by atoms with Crippen molar-refractivity contribution in [2.75, 3.05) is 10.8 Å². The van der Waals surface area contributed by atoms with Crippen molar-refractivity contribution >= 4 is 39.1 Å². The molecule has 230 valence electrons. The summed E-state index contributed by atoms with van der Waals surface area (Å²) in [6.07, 6.45) is 0.246. The zero-order valence-corrected chi connectivity index (χ0v) is 27.0. The van der Waals surface area contributed by atoms with Crippen LogP contribution in [0.2, 0.25) is 5.02 Å². The highest BCUT2D eigenvalue weighted by Crippen LogP contribution is 2.27. The zero-order chi connectivity index (χ0) is 31.9. The molecule has 0 aliphatic rings. The van der Waals surface area contributed by atoms with Gasteiger partial charge in [-0.3, -0.25) is 13.9 Å². The Morgan fingerprint density at radius 1 is 0.818 bits per heavy atom. The minimum atomic E-state index is -4.20. The number of amides is 2. The first kappa shape index (κ1) is 32.8. The predicted molar refractivity (Wildman–Crippen MR) is 176 cm³/mol. The van der Waals surface area contributed by atoms with Crippen molar-refractivity contribution < 1.29 is 18.0 Å². The summed E-state index contributed by atoms with van der Waals surface area (Å²) >= 11 is 6.05. The average Bonchev–Trinajstić information content (AvgIpc) is 2.98. The van der Waals surface area contributed by atoms with Crippen molar-refractivity contribution in [3.8, 4) is 0 Å². The maximum absolute atomic E-state index is 14.5. The summed E-state index contributed by atoms with van der Waals surface area (Å²) in [6.45, 7) is 7.09. The van der Waals surface area contributed by atoms with Gasteiger partial charge in [-0.1, -0.05) is 84.4 Å². The molecule has 0 aliphatic heterocycles. The smallest absolute Gasteiger partial charge is 0.264 e. The molecule has 1 N–H and O–H groups in total. The maximum atomic E-state index is 14.5. The number of nitrogens with zero attached hydrogens (tertiary/aromatic N) is 2. The van der Waals surface area contributed by atoms with Gasteiger partial charge in [0.15, 0.2) is 0 Å². The second kappa shape index (κ2) is 14.1. The summed E-state index contributed by atoms with van der Waals surface area (Å²) in [6, 6.07) is 30.7. The molecular weight excluding hydrogens is 594 g/mol. The van der Waals surface area contributed by atoms with Crippen LogP contribution in [-0.4, -0.2) is 43.3 Å². The molecule has 9 heteroatoms. The van der Waals surface area contributed by atoms with Crippen LogP contribution in [0.1, 0.15) is 37.5 Å². The van der Waals surface area contributed by atoms with E-state index in [0.717, 1.165) is 21.0 Å². The lowest BCUT2D eigenvalue weighted by Gasteiger charge is -2.35. The number of anilines is 1. The summed E-state index contributed by atoms with van der Waals surface area (Å²) in [4.78, 5) is 29.9. The lowest BCUT2D eigenvalue weighted by Crippen LogP contribution is -2.56. The minimum Gasteiger partial charge on any atom is -0.350 e. The number of halogens is 1. The predicted octanol–water partition coefficient (Wildman–Crippen LogP) is 6.40. The van der Waals surface area contributed by atoms with Gasteiger partial charge in [-0.05, 0) is 80.8 Å². The highest BCUT2D eigenvalue weighted by Gasteiger charge is 2.35. The van der Waals surface area contributed by atoms with E-state index in [-0.39, 0.29) is 23.8 Å². The fraction of sp³-hybridized carbons (Fsp3) is 0.257. The average molecular weight is 632 g/mol. The standard InChI is InChI=1S/C35H38ClN3O4S/c1-26-12-11-17-30(22-26)39(44(42,43)31-20-18-29(36)19-21-31)25-33(40)38(24-28-15-9-6-10-16-28)32(34(41)37-35(2,3)4)23-27-13-7-5-8-14-27/h5-22,32H,23-25H2,1-4H3,(H,37,41). The number of hydrogen-bond donors (Lipinski definition) is 1. The van der Waals surface area contributed by atoms with Crippen LogP contribution in [-0.2, 0) is 32.6 Å². The molecule has 7 nitrogen and oxygen atoms in total. The van der Waals surface area contributed by atoms with Crippen LogP contribution in [0.5, 0.6) is 0 Å². The molecule has 0 heterocycles. The van der Waals surface area contributed by atoms with Crippen LogP contribution in [0.15, 0.2) is 114 Å². The van der Waals surface area contributed by atoms with Crippen molar-refractivity contribution in [3.05, 3.63) is 131 Å². The third-order valence-electron chi connectivity index (χ3n) is 6.94.